The van der Waals surface area contributed by atoms with Crippen LogP contribution in [-0.2, 0) is 20.7 Å². The van der Waals surface area contributed by atoms with Crippen molar-refractivity contribution < 1.29 is 14.3 Å². The predicted octanol–water partition coefficient (Wildman–Crippen LogP) is 2.55. The zero-order chi connectivity index (χ0) is 18.7. The van der Waals surface area contributed by atoms with Crippen LogP contribution in [0, 0.1) is 5.92 Å². The van der Waals surface area contributed by atoms with E-state index in [9.17, 15) is 4.79 Å². The summed E-state index contributed by atoms with van der Waals surface area (Å²) in [6.07, 6.45) is 1.19. The number of carbonyl (C=O) groups excluding carboxylic acids is 1. The standard InChI is InChI=1S/C21H32N2O3/c1-5-25-19-13-26-18(12-17(19)22-4)21(24)23-11-10-15-8-6-7-9-16(15)20(23)14(2)3/h6-9,14,17-20,22H,5,10-13H2,1-4H3/t17-,18+,19?,20-/m0/s1. The average Bonchev–Trinajstić information content (AvgIpc) is 2.66. The molecule has 2 aliphatic heterocycles. The molecule has 1 unspecified atom stereocenters. The van der Waals surface area contributed by atoms with E-state index in [0.717, 1.165) is 13.0 Å². The van der Waals surface area contributed by atoms with Crippen LogP contribution in [0.25, 0.3) is 0 Å². The Hall–Kier alpha value is -1.43. The van der Waals surface area contributed by atoms with Gasteiger partial charge in [0, 0.05) is 25.6 Å². The summed E-state index contributed by atoms with van der Waals surface area (Å²) in [6, 6.07) is 8.78. The number of nitrogens with zero attached hydrogens (tertiary/aromatic N) is 1. The maximum atomic E-state index is 13.3. The molecule has 0 saturated carbocycles. The number of hydrogen-bond acceptors (Lipinski definition) is 4. The van der Waals surface area contributed by atoms with Gasteiger partial charge in [0.05, 0.1) is 18.8 Å². The van der Waals surface area contributed by atoms with Crippen molar-refractivity contribution in [2.75, 3.05) is 26.8 Å². The number of amides is 1. The van der Waals surface area contributed by atoms with Gasteiger partial charge in [0.2, 0.25) is 0 Å². The summed E-state index contributed by atoms with van der Waals surface area (Å²) in [6.45, 7) is 8.25. The quantitative estimate of drug-likeness (QED) is 0.877. The molecule has 3 rings (SSSR count). The summed E-state index contributed by atoms with van der Waals surface area (Å²) in [5, 5.41) is 3.30. The molecule has 2 heterocycles. The zero-order valence-electron chi connectivity index (χ0n) is 16.4. The van der Waals surface area contributed by atoms with Crippen LogP contribution in [0.2, 0.25) is 0 Å². The molecule has 5 heteroatoms. The second kappa shape index (κ2) is 8.51. The van der Waals surface area contributed by atoms with E-state index in [1.54, 1.807) is 0 Å². The highest BCUT2D eigenvalue weighted by atomic mass is 16.5. The van der Waals surface area contributed by atoms with E-state index >= 15 is 0 Å². The van der Waals surface area contributed by atoms with Gasteiger partial charge >= 0.3 is 0 Å². The molecule has 0 aromatic heterocycles. The number of hydrogen-bond donors (Lipinski definition) is 1. The fourth-order valence-corrected chi connectivity index (χ4v) is 4.38. The molecular weight excluding hydrogens is 328 g/mol. The lowest BCUT2D eigenvalue weighted by Gasteiger charge is -2.43. The van der Waals surface area contributed by atoms with Gasteiger partial charge in [-0.2, -0.15) is 0 Å². The summed E-state index contributed by atoms with van der Waals surface area (Å²) in [5.74, 6) is 0.480. The van der Waals surface area contributed by atoms with Crippen LogP contribution in [0.15, 0.2) is 24.3 Å². The van der Waals surface area contributed by atoms with Crippen molar-refractivity contribution in [1.29, 1.82) is 0 Å². The van der Waals surface area contributed by atoms with E-state index in [1.807, 2.05) is 18.9 Å². The highest BCUT2D eigenvalue weighted by Gasteiger charge is 2.40. The van der Waals surface area contributed by atoms with Crippen LogP contribution in [0.4, 0.5) is 0 Å². The second-order valence-corrected chi connectivity index (χ2v) is 7.62. The van der Waals surface area contributed by atoms with Gasteiger partial charge in [-0.15, -0.1) is 0 Å². The molecule has 1 aromatic rings. The second-order valence-electron chi connectivity index (χ2n) is 7.62. The molecule has 0 aliphatic carbocycles. The Morgan fingerprint density at radius 3 is 2.85 bits per heavy atom. The van der Waals surface area contributed by atoms with Gasteiger partial charge in [-0.25, -0.2) is 0 Å². The molecule has 0 bridgehead atoms. The van der Waals surface area contributed by atoms with Crippen molar-refractivity contribution in [3.05, 3.63) is 35.4 Å². The lowest BCUT2D eigenvalue weighted by atomic mass is 9.85. The lowest BCUT2D eigenvalue weighted by Crippen LogP contribution is -2.55. The van der Waals surface area contributed by atoms with Gasteiger partial charge in [0.1, 0.15) is 6.10 Å². The fourth-order valence-electron chi connectivity index (χ4n) is 4.38. The molecule has 1 aromatic carbocycles. The third-order valence-electron chi connectivity index (χ3n) is 5.65. The van der Waals surface area contributed by atoms with Crippen molar-refractivity contribution in [2.45, 2.75) is 57.9 Å². The van der Waals surface area contributed by atoms with E-state index in [-0.39, 0.29) is 24.1 Å². The first-order chi connectivity index (χ1) is 12.6. The molecule has 144 valence electrons. The molecule has 4 atom stereocenters. The van der Waals surface area contributed by atoms with Crippen molar-refractivity contribution >= 4 is 5.91 Å². The third kappa shape index (κ3) is 3.80. The summed E-state index contributed by atoms with van der Waals surface area (Å²) in [7, 11) is 1.93. The molecular formula is C21H32N2O3. The van der Waals surface area contributed by atoms with Crippen LogP contribution in [-0.4, -0.2) is 55.9 Å². The Bertz CT molecular complexity index is 619. The Morgan fingerprint density at radius 1 is 1.38 bits per heavy atom. The van der Waals surface area contributed by atoms with Crippen LogP contribution in [0.1, 0.15) is 44.4 Å². The monoisotopic (exact) mass is 360 g/mol. The first kappa shape index (κ1) is 19.3. The minimum atomic E-state index is -0.393. The Balaban J connectivity index is 1.77. The molecule has 1 saturated heterocycles. The maximum absolute atomic E-state index is 13.3. The Morgan fingerprint density at radius 2 is 2.15 bits per heavy atom. The number of ether oxygens (including phenoxy) is 2. The predicted molar refractivity (Wildman–Crippen MR) is 102 cm³/mol. The van der Waals surface area contributed by atoms with E-state index in [4.69, 9.17) is 9.47 Å². The minimum Gasteiger partial charge on any atom is -0.374 e. The molecule has 5 nitrogen and oxygen atoms in total. The first-order valence-electron chi connectivity index (χ1n) is 9.85. The first-order valence-corrected chi connectivity index (χ1v) is 9.85. The summed E-state index contributed by atoms with van der Waals surface area (Å²) < 4.78 is 11.7. The van der Waals surface area contributed by atoms with Crippen molar-refractivity contribution in [3.8, 4) is 0 Å². The van der Waals surface area contributed by atoms with Crippen molar-refractivity contribution in [3.63, 3.8) is 0 Å². The van der Waals surface area contributed by atoms with Crippen LogP contribution in [0.3, 0.4) is 0 Å². The fraction of sp³-hybridized carbons (Fsp3) is 0.667. The van der Waals surface area contributed by atoms with Crippen molar-refractivity contribution in [2.24, 2.45) is 5.92 Å². The van der Waals surface area contributed by atoms with E-state index < -0.39 is 6.10 Å². The van der Waals surface area contributed by atoms with Crippen LogP contribution in [0.5, 0.6) is 0 Å². The highest BCUT2D eigenvalue weighted by Crippen LogP contribution is 2.36. The van der Waals surface area contributed by atoms with Gasteiger partial charge in [0.25, 0.3) is 5.91 Å². The maximum Gasteiger partial charge on any atom is 0.252 e. The molecule has 1 N–H and O–H groups in total. The number of fused-ring (bicyclic) bond motifs is 1. The topological polar surface area (TPSA) is 50.8 Å². The van der Waals surface area contributed by atoms with Gasteiger partial charge in [-0.3, -0.25) is 4.79 Å². The smallest absolute Gasteiger partial charge is 0.252 e. The minimum absolute atomic E-state index is 0.0111. The lowest BCUT2D eigenvalue weighted by molar-refractivity contribution is -0.160. The molecule has 0 radical (unpaired) electrons. The molecule has 0 spiro atoms. The molecule has 26 heavy (non-hydrogen) atoms. The normalized spacial score (nSPS) is 28.9. The van der Waals surface area contributed by atoms with E-state index in [1.165, 1.54) is 11.1 Å². The number of benzene rings is 1. The summed E-state index contributed by atoms with van der Waals surface area (Å²) in [5.41, 5.74) is 2.65. The van der Waals surface area contributed by atoms with Gasteiger partial charge in [-0.1, -0.05) is 38.1 Å². The third-order valence-corrected chi connectivity index (χ3v) is 5.65. The number of nitrogens with one attached hydrogen (secondary N) is 1. The van der Waals surface area contributed by atoms with Gasteiger partial charge in [0.15, 0.2) is 0 Å². The molecule has 1 fully saturated rings. The van der Waals surface area contributed by atoms with Gasteiger partial charge < -0.3 is 19.7 Å². The summed E-state index contributed by atoms with van der Waals surface area (Å²) >= 11 is 0. The Kier molecular flexibility index (Phi) is 6.33. The van der Waals surface area contributed by atoms with Crippen LogP contribution < -0.4 is 5.32 Å². The summed E-state index contributed by atoms with van der Waals surface area (Å²) in [4.78, 5) is 15.4. The van der Waals surface area contributed by atoms with Crippen LogP contribution >= 0.6 is 0 Å². The zero-order valence-corrected chi connectivity index (χ0v) is 16.4. The largest absolute Gasteiger partial charge is 0.374 e. The number of rotatable bonds is 5. The molecule has 2 aliphatic rings. The highest BCUT2D eigenvalue weighted by molar-refractivity contribution is 5.82. The van der Waals surface area contributed by atoms with E-state index in [0.29, 0.717) is 25.6 Å². The SMILES string of the molecule is CCOC1CO[C@@H](C(=O)N2CCc3ccccc3[C@@H]2C(C)C)C[C@@H]1NC. The number of carbonyl (C=O) groups is 1. The van der Waals surface area contributed by atoms with E-state index in [2.05, 4.69) is 43.4 Å². The van der Waals surface area contributed by atoms with Gasteiger partial charge in [-0.05, 0) is 37.4 Å². The number of likely N-dealkylation sites (N-methyl/N-ethyl adjacent to an activating group) is 1. The van der Waals surface area contributed by atoms with Crippen molar-refractivity contribution in [1.82, 2.24) is 10.2 Å². The molecule has 1 amide bonds. The average molecular weight is 360 g/mol. The Labute approximate surface area is 157 Å².